The van der Waals surface area contributed by atoms with Gasteiger partial charge in [0.25, 0.3) is 0 Å². The van der Waals surface area contributed by atoms with Crippen molar-refractivity contribution in [3.63, 3.8) is 0 Å². The predicted molar refractivity (Wildman–Crippen MR) is 113 cm³/mol. The molecular weight excluding hydrogens is 320 g/mol. The van der Waals surface area contributed by atoms with Gasteiger partial charge < -0.3 is 11.1 Å². The highest BCUT2D eigenvalue weighted by Gasteiger charge is 1.95. The molecule has 0 aromatic heterocycles. The maximum atomic E-state index is 5.50. The van der Waals surface area contributed by atoms with Gasteiger partial charge in [0.05, 0.1) is 0 Å². The molecule has 0 atom stereocenters. The number of hydrogen-bond acceptors (Lipinski definition) is 2. The maximum absolute atomic E-state index is 5.50. The zero-order chi connectivity index (χ0) is 17.0. The first-order chi connectivity index (χ1) is 11.3. The summed E-state index contributed by atoms with van der Waals surface area (Å²) in [7, 11) is 0. The van der Waals surface area contributed by atoms with E-state index in [-0.39, 0.29) is 0 Å². The van der Waals surface area contributed by atoms with Crippen molar-refractivity contribution in [2.45, 2.75) is 103 Å². The van der Waals surface area contributed by atoms with Crippen LogP contribution in [0.15, 0.2) is 0 Å². The zero-order valence-corrected chi connectivity index (χ0v) is 16.9. The lowest BCUT2D eigenvalue weighted by Gasteiger charge is -2.04. The van der Waals surface area contributed by atoms with Crippen LogP contribution in [0.1, 0.15) is 103 Å². The lowest BCUT2D eigenvalue weighted by molar-refractivity contribution is 0.528. The predicted octanol–water partition coefficient (Wildman–Crippen LogP) is 5.99. The average molecular weight is 361 g/mol. The Labute approximate surface area is 156 Å². The van der Waals surface area contributed by atoms with Gasteiger partial charge in [-0.2, -0.15) is 0 Å². The normalized spacial score (nSPS) is 10.9. The van der Waals surface area contributed by atoms with E-state index in [1.165, 1.54) is 103 Å². The third-order valence-corrected chi connectivity index (χ3v) is 4.71. The summed E-state index contributed by atoms with van der Waals surface area (Å²) in [4.78, 5) is 0. The highest BCUT2D eigenvalue weighted by Crippen LogP contribution is 2.13. The van der Waals surface area contributed by atoms with Crippen LogP contribution in [0.4, 0.5) is 0 Å². The summed E-state index contributed by atoms with van der Waals surface area (Å²) in [6.07, 6.45) is 22.1. The molecule has 0 aliphatic carbocycles. The number of nitrogens with two attached hydrogens (primary N) is 1. The Morgan fingerprint density at radius 1 is 0.609 bits per heavy atom. The SMILES string of the molecule is NCCCCCCCCCCCCCCCCCCNC(=S)S. The monoisotopic (exact) mass is 360 g/mol. The van der Waals surface area contributed by atoms with Crippen LogP contribution in [-0.4, -0.2) is 17.4 Å². The molecule has 0 aliphatic heterocycles. The molecule has 0 aromatic carbocycles. The van der Waals surface area contributed by atoms with Crippen LogP contribution in [0.3, 0.4) is 0 Å². The van der Waals surface area contributed by atoms with Crippen molar-refractivity contribution in [1.29, 1.82) is 0 Å². The standard InChI is InChI=1S/C19H40N2S2/c20-17-15-13-11-9-7-5-3-1-2-4-6-8-10-12-14-16-18-21-19(22)23/h1-18,20H2,(H2,21,22,23). The van der Waals surface area contributed by atoms with Crippen molar-refractivity contribution in [2.75, 3.05) is 13.1 Å². The first-order valence-electron chi connectivity index (χ1n) is 9.94. The number of thiocarbonyl (C=S) groups is 1. The Morgan fingerprint density at radius 2 is 0.913 bits per heavy atom. The van der Waals surface area contributed by atoms with Crippen molar-refractivity contribution >= 4 is 29.2 Å². The van der Waals surface area contributed by atoms with Gasteiger partial charge in [0.2, 0.25) is 0 Å². The van der Waals surface area contributed by atoms with Gasteiger partial charge in [-0.15, -0.1) is 12.6 Å². The third kappa shape index (κ3) is 22.2. The van der Waals surface area contributed by atoms with Crippen molar-refractivity contribution in [3.8, 4) is 0 Å². The van der Waals surface area contributed by atoms with Crippen LogP contribution >= 0.6 is 24.8 Å². The summed E-state index contributed by atoms with van der Waals surface area (Å²) < 4.78 is 0.622. The summed E-state index contributed by atoms with van der Waals surface area (Å²) in [6.45, 7) is 1.84. The second kappa shape index (κ2) is 20.2. The molecule has 23 heavy (non-hydrogen) atoms. The van der Waals surface area contributed by atoms with Crippen molar-refractivity contribution < 1.29 is 0 Å². The minimum atomic E-state index is 0.622. The fraction of sp³-hybridized carbons (Fsp3) is 0.947. The summed E-state index contributed by atoms with van der Waals surface area (Å²) in [5, 5.41) is 3.09. The largest absolute Gasteiger partial charge is 0.371 e. The molecule has 0 amide bonds. The Balaban J connectivity index is 2.96. The summed E-state index contributed by atoms with van der Waals surface area (Å²) in [6, 6.07) is 0. The number of nitrogens with one attached hydrogen (secondary N) is 1. The molecule has 0 radical (unpaired) electrons. The maximum Gasteiger partial charge on any atom is 0.130 e. The van der Waals surface area contributed by atoms with E-state index in [0.717, 1.165) is 13.1 Å². The molecule has 2 nitrogen and oxygen atoms in total. The van der Waals surface area contributed by atoms with Gasteiger partial charge in [0.1, 0.15) is 4.32 Å². The molecule has 0 bridgehead atoms. The molecule has 0 saturated heterocycles. The number of thiol groups is 1. The Morgan fingerprint density at radius 3 is 1.22 bits per heavy atom. The molecule has 0 fully saturated rings. The van der Waals surface area contributed by atoms with Crippen molar-refractivity contribution in [1.82, 2.24) is 5.32 Å². The van der Waals surface area contributed by atoms with Gasteiger partial charge >= 0.3 is 0 Å². The molecule has 0 aromatic rings. The summed E-state index contributed by atoms with van der Waals surface area (Å²) in [5.74, 6) is 0. The molecule has 0 rings (SSSR count). The number of hydrogen-bond donors (Lipinski definition) is 3. The molecule has 0 unspecified atom stereocenters. The van der Waals surface area contributed by atoms with E-state index >= 15 is 0 Å². The van der Waals surface area contributed by atoms with Gasteiger partial charge in [-0.1, -0.05) is 102 Å². The molecule has 138 valence electrons. The lowest BCUT2D eigenvalue weighted by atomic mass is 10.0. The second-order valence-corrected chi connectivity index (χ2v) is 7.84. The van der Waals surface area contributed by atoms with Crippen LogP contribution in [0, 0.1) is 0 Å². The fourth-order valence-corrected chi connectivity index (χ4v) is 3.15. The first-order valence-corrected chi connectivity index (χ1v) is 10.8. The lowest BCUT2D eigenvalue weighted by Crippen LogP contribution is -2.17. The molecule has 0 aliphatic rings. The molecule has 3 N–H and O–H groups in total. The van der Waals surface area contributed by atoms with Crippen LogP contribution in [-0.2, 0) is 0 Å². The van der Waals surface area contributed by atoms with Crippen molar-refractivity contribution in [2.24, 2.45) is 5.73 Å². The highest BCUT2D eigenvalue weighted by atomic mass is 32.1. The molecule has 0 spiro atoms. The quantitative estimate of drug-likeness (QED) is 0.160. The number of rotatable bonds is 18. The van der Waals surface area contributed by atoms with Crippen LogP contribution in [0.5, 0.6) is 0 Å². The first kappa shape index (κ1) is 23.2. The Bertz CT molecular complexity index is 248. The fourth-order valence-electron chi connectivity index (χ4n) is 2.94. The van der Waals surface area contributed by atoms with Gasteiger partial charge in [-0.25, -0.2) is 0 Å². The number of unbranched alkanes of at least 4 members (excludes halogenated alkanes) is 15. The van der Waals surface area contributed by atoms with E-state index < -0.39 is 0 Å². The molecular formula is C19H40N2S2. The van der Waals surface area contributed by atoms with Crippen LogP contribution in [0.2, 0.25) is 0 Å². The van der Waals surface area contributed by atoms with E-state index in [0.29, 0.717) is 4.32 Å². The van der Waals surface area contributed by atoms with E-state index in [1.807, 2.05) is 0 Å². The van der Waals surface area contributed by atoms with E-state index in [2.05, 4.69) is 17.9 Å². The molecule has 0 heterocycles. The highest BCUT2D eigenvalue weighted by molar-refractivity contribution is 8.11. The Hall–Kier alpha value is 0.200. The van der Waals surface area contributed by atoms with Crippen LogP contribution < -0.4 is 11.1 Å². The van der Waals surface area contributed by atoms with E-state index in [4.69, 9.17) is 18.0 Å². The topological polar surface area (TPSA) is 38.0 Å². The molecule has 4 heteroatoms. The van der Waals surface area contributed by atoms with Crippen LogP contribution in [0.25, 0.3) is 0 Å². The second-order valence-electron chi connectivity index (χ2n) is 6.68. The van der Waals surface area contributed by atoms with Gasteiger partial charge in [0, 0.05) is 6.54 Å². The van der Waals surface area contributed by atoms with Gasteiger partial charge in [-0.3, -0.25) is 0 Å². The zero-order valence-electron chi connectivity index (χ0n) is 15.2. The third-order valence-electron chi connectivity index (χ3n) is 4.41. The van der Waals surface area contributed by atoms with E-state index in [9.17, 15) is 0 Å². The smallest absolute Gasteiger partial charge is 0.130 e. The molecule has 0 saturated carbocycles. The minimum absolute atomic E-state index is 0.622. The average Bonchev–Trinajstić information content (AvgIpc) is 2.53. The van der Waals surface area contributed by atoms with Gasteiger partial charge in [-0.05, 0) is 19.4 Å². The summed E-state index contributed by atoms with van der Waals surface area (Å²) in [5.41, 5.74) is 5.50. The van der Waals surface area contributed by atoms with Gasteiger partial charge in [0.15, 0.2) is 0 Å². The Kier molecular flexibility index (Phi) is 20.4. The van der Waals surface area contributed by atoms with Crippen molar-refractivity contribution in [3.05, 3.63) is 0 Å². The summed E-state index contributed by atoms with van der Waals surface area (Å²) >= 11 is 8.91. The minimum Gasteiger partial charge on any atom is -0.371 e. The van der Waals surface area contributed by atoms with E-state index in [1.54, 1.807) is 0 Å².